The van der Waals surface area contributed by atoms with Crippen molar-refractivity contribution in [3.05, 3.63) is 42.7 Å². The van der Waals surface area contributed by atoms with Gasteiger partial charge in [-0.1, -0.05) is 18.2 Å². The largest absolute Gasteiger partial charge is 0.502 e. The summed E-state index contributed by atoms with van der Waals surface area (Å²) >= 11 is 0. The zero-order chi connectivity index (χ0) is 14.1. The smallest absolute Gasteiger partial charge is 0.372 e. The fourth-order valence-electron chi connectivity index (χ4n) is 1.28. The highest BCUT2D eigenvalue weighted by Crippen LogP contribution is 2.11. The number of rotatable bonds is 8. The van der Waals surface area contributed by atoms with Crippen molar-refractivity contribution in [1.82, 2.24) is 0 Å². The summed E-state index contributed by atoms with van der Waals surface area (Å²) in [6, 6.07) is 9.34. The minimum Gasteiger partial charge on any atom is -0.502 e. The maximum Gasteiger partial charge on any atom is 0.372 e. The van der Waals surface area contributed by atoms with Gasteiger partial charge in [-0.15, -0.1) is 0 Å². The highest BCUT2D eigenvalue weighted by atomic mass is 16.7. The highest BCUT2D eigenvalue weighted by Gasteiger charge is 2.06. The zero-order valence-corrected chi connectivity index (χ0v) is 10.9. The van der Waals surface area contributed by atoms with Crippen LogP contribution in [0.25, 0.3) is 0 Å². The first-order valence-electron chi connectivity index (χ1n) is 5.98. The topological polar surface area (TPSA) is 65.0 Å². The number of carbonyl (C=O) groups is 1. The molecular weight excluding hydrogens is 248 g/mol. The van der Waals surface area contributed by atoms with Gasteiger partial charge in [0.05, 0.1) is 13.2 Å². The summed E-state index contributed by atoms with van der Waals surface area (Å²) in [6.45, 7) is 5.40. The molecule has 1 unspecified atom stereocenters. The quantitative estimate of drug-likeness (QED) is 0.257. The van der Waals surface area contributed by atoms with Gasteiger partial charge in [-0.25, -0.2) is 4.79 Å². The van der Waals surface area contributed by atoms with Crippen LogP contribution in [0.3, 0.4) is 0 Å². The summed E-state index contributed by atoms with van der Waals surface area (Å²) in [5.74, 6) is -0.673. The SMILES string of the molecule is C=C(O)C(=O)OCCCOC(C)Oc1ccccc1. The predicted octanol–water partition coefficient (Wildman–Crippen LogP) is 2.43. The second kappa shape index (κ2) is 8.16. The normalized spacial score (nSPS) is 11.6. The van der Waals surface area contributed by atoms with Crippen LogP contribution in [0.5, 0.6) is 5.75 Å². The van der Waals surface area contributed by atoms with Crippen molar-refractivity contribution in [3.63, 3.8) is 0 Å². The van der Waals surface area contributed by atoms with Gasteiger partial charge in [-0.05, 0) is 25.6 Å². The van der Waals surface area contributed by atoms with Crippen molar-refractivity contribution in [1.29, 1.82) is 0 Å². The van der Waals surface area contributed by atoms with E-state index < -0.39 is 11.7 Å². The second-order valence-electron chi connectivity index (χ2n) is 3.81. The van der Waals surface area contributed by atoms with E-state index >= 15 is 0 Å². The molecule has 0 aliphatic carbocycles. The van der Waals surface area contributed by atoms with E-state index in [0.717, 1.165) is 5.75 Å². The van der Waals surface area contributed by atoms with Gasteiger partial charge >= 0.3 is 5.97 Å². The fourth-order valence-corrected chi connectivity index (χ4v) is 1.28. The molecule has 1 atom stereocenters. The monoisotopic (exact) mass is 266 g/mol. The van der Waals surface area contributed by atoms with Gasteiger partial charge in [0.1, 0.15) is 5.75 Å². The fraction of sp³-hybridized carbons (Fsp3) is 0.357. The number of benzene rings is 1. The number of hydrogen-bond donors (Lipinski definition) is 1. The molecular formula is C14H18O5. The lowest BCUT2D eigenvalue weighted by atomic mass is 10.3. The molecule has 1 aromatic rings. The van der Waals surface area contributed by atoms with E-state index in [0.29, 0.717) is 13.0 Å². The zero-order valence-electron chi connectivity index (χ0n) is 10.9. The summed E-state index contributed by atoms with van der Waals surface area (Å²) in [6.07, 6.45) is 0.132. The number of carbonyl (C=O) groups excluding carboxylic acids is 1. The average molecular weight is 266 g/mol. The van der Waals surface area contributed by atoms with Crippen molar-refractivity contribution in [2.45, 2.75) is 19.6 Å². The average Bonchev–Trinajstić information content (AvgIpc) is 2.39. The number of aliphatic hydroxyl groups is 1. The molecule has 1 aromatic carbocycles. The lowest BCUT2D eigenvalue weighted by molar-refractivity contribution is -0.142. The molecule has 0 heterocycles. The molecule has 5 nitrogen and oxygen atoms in total. The van der Waals surface area contributed by atoms with Crippen LogP contribution in [0.2, 0.25) is 0 Å². The molecule has 0 amide bonds. The number of para-hydroxylation sites is 1. The summed E-state index contributed by atoms with van der Waals surface area (Å²) in [5, 5.41) is 8.71. The molecule has 1 rings (SSSR count). The Morgan fingerprint density at radius 3 is 2.63 bits per heavy atom. The Morgan fingerprint density at radius 2 is 2.00 bits per heavy atom. The van der Waals surface area contributed by atoms with Crippen molar-refractivity contribution in [2.75, 3.05) is 13.2 Å². The van der Waals surface area contributed by atoms with Gasteiger partial charge < -0.3 is 19.3 Å². The van der Waals surface area contributed by atoms with Crippen LogP contribution in [0, 0.1) is 0 Å². The minimum atomic E-state index is -0.811. The third-order valence-corrected chi connectivity index (χ3v) is 2.16. The standard InChI is InChI=1S/C14H18O5/c1-11(15)14(16)18-10-6-9-17-12(2)19-13-7-4-3-5-8-13/h3-5,7-8,12,15H,1,6,9-10H2,2H3. The maximum absolute atomic E-state index is 10.8. The van der Waals surface area contributed by atoms with Crippen molar-refractivity contribution < 1.29 is 24.1 Å². The van der Waals surface area contributed by atoms with Crippen molar-refractivity contribution >= 4 is 5.97 Å². The Kier molecular flexibility index (Phi) is 6.46. The first-order valence-corrected chi connectivity index (χ1v) is 5.98. The molecule has 104 valence electrons. The molecule has 19 heavy (non-hydrogen) atoms. The summed E-state index contributed by atoms with van der Waals surface area (Å²) < 4.78 is 15.6. The summed E-state index contributed by atoms with van der Waals surface area (Å²) in [7, 11) is 0. The van der Waals surface area contributed by atoms with Gasteiger partial charge in [0, 0.05) is 6.42 Å². The Morgan fingerprint density at radius 1 is 1.32 bits per heavy atom. The number of ether oxygens (including phenoxy) is 3. The molecule has 0 aliphatic heterocycles. The lowest BCUT2D eigenvalue weighted by Crippen LogP contribution is -2.18. The van der Waals surface area contributed by atoms with Gasteiger partial charge in [-0.2, -0.15) is 0 Å². The molecule has 1 N–H and O–H groups in total. The van der Waals surface area contributed by atoms with E-state index in [1.54, 1.807) is 6.92 Å². The van der Waals surface area contributed by atoms with E-state index in [1.807, 2.05) is 30.3 Å². The van der Waals surface area contributed by atoms with Gasteiger partial charge in [0.15, 0.2) is 12.0 Å². The van der Waals surface area contributed by atoms with Crippen LogP contribution in [0.1, 0.15) is 13.3 Å². The molecule has 0 fully saturated rings. The van der Waals surface area contributed by atoms with Crippen LogP contribution in [0.15, 0.2) is 42.7 Å². The van der Waals surface area contributed by atoms with Crippen molar-refractivity contribution in [3.8, 4) is 5.75 Å². The van der Waals surface area contributed by atoms with Crippen LogP contribution < -0.4 is 4.74 Å². The molecule has 0 spiro atoms. The second-order valence-corrected chi connectivity index (χ2v) is 3.81. The molecule has 0 aromatic heterocycles. The van der Waals surface area contributed by atoms with E-state index in [2.05, 4.69) is 6.58 Å². The first kappa shape index (κ1) is 15.0. The molecule has 0 saturated heterocycles. The Labute approximate surface area is 112 Å². The van der Waals surface area contributed by atoms with Crippen LogP contribution >= 0.6 is 0 Å². The Hall–Kier alpha value is -2.01. The van der Waals surface area contributed by atoms with Crippen LogP contribution in [-0.4, -0.2) is 30.6 Å². The Bertz CT molecular complexity index is 402. The number of esters is 1. The highest BCUT2D eigenvalue weighted by molar-refractivity contribution is 5.84. The van der Waals surface area contributed by atoms with Crippen molar-refractivity contribution in [2.24, 2.45) is 0 Å². The third kappa shape index (κ3) is 6.47. The maximum atomic E-state index is 10.8. The van der Waals surface area contributed by atoms with Crippen LogP contribution in [0.4, 0.5) is 0 Å². The molecule has 0 aliphatic rings. The molecule has 5 heteroatoms. The van der Waals surface area contributed by atoms with E-state index in [1.165, 1.54) is 0 Å². The number of aliphatic hydroxyl groups excluding tert-OH is 1. The molecule has 0 bridgehead atoms. The number of hydrogen-bond acceptors (Lipinski definition) is 5. The predicted molar refractivity (Wildman–Crippen MR) is 69.8 cm³/mol. The van der Waals surface area contributed by atoms with Gasteiger partial charge in [-0.3, -0.25) is 0 Å². The summed E-state index contributed by atoms with van der Waals surface area (Å²) in [4.78, 5) is 10.8. The lowest BCUT2D eigenvalue weighted by Gasteiger charge is -2.15. The van der Waals surface area contributed by atoms with E-state index in [9.17, 15) is 4.79 Å². The first-order chi connectivity index (χ1) is 9.09. The third-order valence-electron chi connectivity index (χ3n) is 2.16. The molecule has 0 saturated carbocycles. The van der Waals surface area contributed by atoms with E-state index in [4.69, 9.17) is 19.3 Å². The molecule has 0 radical (unpaired) electrons. The van der Waals surface area contributed by atoms with Gasteiger partial charge in [0.25, 0.3) is 0 Å². The van der Waals surface area contributed by atoms with Crippen LogP contribution in [-0.2, 0) is 14.3 Å². The summed E-state index contributed by atoms with van der Waals surface area (Å²) in [5.41, 5.74) is 0. The Balaban J connectivity index is 2.09. The minimum absolute atomic E-state index is 0.163. The van der Waals surface area contributed by atoms with Gasteiger partial charge in [0.2, 0.25) is 0 Å². The van der Waals surface area contributed by atoms with E-state index in [-0.39, 0.29) is 12.9 Å².